The van der Waals surface area contributed by atoms with Crippen molar-refractivity contribution in [3.05, 3.63) is 29.8 Å². The van der Waals surface area contributed by atoms with Gasteiger partial charge in [0, 0.05) is 30.8 Å². The SMILES string of the molecule is CC(C)(C)C1CC(CCOc2cc(F)cc(F)c2)CCN1C(=O)O. The van der Waals surface area contributed by atoms with Crippen LogP contribution in [-0.2, 0) is 0 Å². The molecule has 1 saturated heterocycles. The Balaban J connectivity index is 1.90. The lowest BCUT2D eigenvalue weighted by Gasteiger charge is -2.44. The van der Waals surface area contributed by atoms with Gasteiger partial charge >= 0.3 is 6.09 Å². The largest absolute Gasteiger partial charge is 0.493 e. The molecule has 1 aliphatic heterocycles. The zero-order valence-corrected chi connectivity index (χ0v) is 14.4. The van der Waals surface area contributed by atoms with Gasteiger partial charge in [-0.1, -0.05) is 20.8 Å². The topological polar surface area (TPSA) is 49.8 Å². The molecule has 1 aromatic carbocycles. The van der Waals surface area contributed by atoms with Crippen molar-refractivity contribution in [3.8, 4) is 5.75 Å². The summed E-state index contributed by atoms with van der Waals surface area (Å²) < 4.78 is 31.7. The first-order valence-corrected chi connectivity index (χ1v) is 8.25. The average molecular weight is 341 g/mol. The molecule has 1 heterocycles. The summed E-state index contributed by atoms with van der Waals surface area (Å²) in [5, 5.41) is 9.37. The van der Waals surface area contributed by atoms with Crippen molar-refractivity contribution in [2.24, 2.45) is 11.3 Å². The Hall–Kier alpha value is -1.85. The van der Waals surface area contributed by atoms with E-state index in [4.69, 9.17) is 4.74 Å². The summed E-state index contributed by atoms with van der Waals surface area (Å²) in [5.41, 5.74) is -0.135. The molecule has 1 fully saturated rings. The maximum atomic E-state index is 13.1. The smallest absolute Gasteiger partial charge is 0.407 e. The van der Waals surface area contributed by atoms with Crippen LogP contribution >= 0.6 is 0 Å². The molecule has 1 aliphatic rings. The van der Waals surface area contributed by atoms with Gasteiger partial charge in [0.05, 0.1) is 6.61 Å². The molecule has 0 spiro atoms. The third-order valence-corrected chi connectivity index (χ3v) is 4.59. The Morgan fingerprint density at radius 3 is 2.46 bits per heavy atom. The van der Waals surface area contributed by atoms with E-state index in [-0.39, 0.29) is 17.2 Å². The summed E-state index contributed by atoms with van der Waals surface area (Å²) in [4.78, 5) is 12.9. The van der Waals surface area contributed by atoms with Crippen molar-refractivity contribution >= 4 is 6.09 Å². The molecule has 6 heteroatoms. The fourth-order valence-corrected chi connectivity index (χ4v) is 3.31. The number of benzene rings is 1. The molecule has 0 radical (unpaired) electrons. The van der Waals surface area contributed by atoms with Crippen LogP contribution in [0.25, 0.3) is 0 Å². The lowest BCUT2D eigenvalue weighted by Crippen LogP contribution is -2.51. The Morgan fingerprint density at radius 1 is 1.29 bits per heavy atom. The molecule has 0 aliphatic carbocycles. The van der Waals surface area contributed by atoms with Gasteiger partial charge in [-0.2, -0.15) is 0 Å². The number of rotatable bonds is 4. The van der Waals surface area contributed by atoms with Gasteiger partial charge in [0.25, 0.3) is 0 Å². The van der Waals surface area contributed by atoms with Crippen LogP contribution in [-0.4, -0.2) is 35.3 Å². The van der Waals surface area contributed by atoms with Crippen LogP contribution in [0.15, 0.2) is 18.2 Å². The number of hydrogen-bond acceptors (Lipinski definition) is 2. The summed E-state index contributed by atoms with van der Waals surface area (Å²) in [5.74, 6) is -0.800. The molecular formula is C18H25F2NO3. The molecule has 0 aromatic heterocycles. The van der Waals surface area contributed by atoms with Crippen LogP contribution in [0.5, 0.6) is 5.75 Å². The molecule has 0 saturated carbocycles. The molecule has 2 rings (SSSR count). The number of nitrogens with zero attached hydrogens (tertiary/aromatic N) is 1. The van der Waals surface area contributed by atoms with Gasteiger partial charge in [-0.15, -0.1) is 0 Å². The summed E-state index contributed by atoms with van der Waals surface area (Å²) in [6.45, 7) is 7.00. The van der Waals surface area contributed by atoms with Crippen molar-refractivity contribution in [2.45, 2.75) is 46.1 Å². The summed E-state index contributed by atoms with van der Waals surface area (Å²) in [6.07, 6.45) is 1.41. The van der Waals surface area contributed by atoms with E-state index in [1.165, 1.54) is 4.90 Å². The fraction of sp³-hybridized carbons (Fsp3) is 0.611. The molecule has 134 valence electrons. The highest BCUT2D eigenvalue weighted by atomic mass is 19.1. The second-order valence-electron chi connectivity index (χ2n) is 7.49. The summed E-state index contributed by atoms with van der Waals surface area (Å²) in [7, 11) is 0. The van der Waals surface area contributed by atoms with Gasteiger partial charge in [-0.3, -0.25) is 0 Å². The highest BCUT2D eigenvalue weighted by Gasteiger charge is 2.38. The molecule has 0 bridgehead atoms. The van der Waals surface area contributed by atoms with E-state index in [2.05, 4.69) is 0 Å². The second kappa shape index (κ2) is 7.36. The monoisotopic (exact) mass is 341 g/mol. The Labute approximate surface area is 141 Å². The third kappa shape index (κ3) is 4.82. The molecule has 2 unspecified atom stereocenters. The first kappa shape index (κ1) is 18.5. The molecule has 1 aromatic rings. The lowest BCUT2D eigenvalue weighted by molar-refractivity contribution is 0.0364. The predicted molar refractivity (Wildman–Crippen MR) is 87.2 cm³/mol. The highest BCUT2D eigenvalue weighted by molar-refractivity contribution is 5.65. The van der Waals surface area contributed by atoms with E-state index in [1.54, 1.807) is 0 Å². The van der Waals surface area contributed by atoms with Crippen LogP contribution in [0.3, 0.4) is 0 Å². The van der Waals surface area contributed by atoms with E-state index in [1.807, 2.05) is 20.8 Å². The molecule has 2 atom stereocenters. The number of halogens is 2. The van der Waals surface area contributed by atoms with Gasteiger partial charge in [0.1, 0.15) is 17.4 Å². The van der Waals surface area contributed by atoms with Crippen LogP contribution in [0, 0.1) is 23.0 Å². The third-order valence-electron chi connectivity index (χ3n) is 4.59. The van der Waals surface area contributed by atoms with E-state index in [9.17, 15) is 18.7 Å². The zero-order valence-electron chi connectivity index (χ0n) is 14.4. The minimum Gasteiger partial charge on any atom is -0.493 e. The van der Waals surface area contributed by atoms with E-state index >= 15 is 0 Å². The molecule has 1 N–H and O–H groups in total. The quantitative estimate of drug-likeness (QED) is 0.875. The maximum absolute atomic E-state index is 13.1. The van der Waals surface area contributed by atoms with Crippen molar-refractivity contribution in [1.29, 1.82) is 0 Å². The van der Waals surface area contributed by atoms with E-state index in [0.717, 1.165) is 37.5 Å². The standard InChI is InChI=1S/C18H25F2NO3/c1-18(2,3)16-8-12(4-6-21(16)17(22)23)5-7-24-15-10-13(19)9-14(20)11-15/h9-12,16H,4-8H2,1-3H3,(H,22,23). The molecular weight excluding hydrogens is 316 g/mol. The number of carboxylic acid groups (broad SMARTS) is 1. The number of likely N-dealkylation sites (tertiary alicyclic amines) is 1. The second-order valence-corrected chi connectivity index (χ2v) is 7.49. The first-order valence-electron chi connectivity index (χ1n) is 8.25. The highest BCUT2D eigenvalue weighted by Crippen LogP contribution is 2.35. The Morgan fingerprint density at radius 2 is 1.92 bits per heavy atom. The fourth-order valence-electron chi connectivity index (χ4n) is 3.31. The van der Waals surface area contributed by atoms with Crippen LogP contribution in [0.4, 0.5) is 13.6 Å². The number of amides is 1. The van der Waals surface area contributed by atoms with Gasteiger partial charge < -0.3 is 14.7 Å². The number of carbonyl (C=O) groups is 1. The van der Waals surface area contributed by atoms with Gasteiger partial charge in [-0.05, 0) is 30.6 Å². The normalized spacial score (nSPS) is 21.6. The minimum atomic E-state index is -0.875. The van der Waals surface area contributed by atoms with Crippen LogP contribution in [0.2, 0.25) is 0 Å². The van der Waals surface area contributed by atoms with Crippen molar-refractivity contribution in [1.82, 2.24) is 4.90 Å². The predicted octanol–water partition coefficient (Wildman–Crippen LogP) is 4.54. The first-order chi connectivity index (χ1) is 11.2. The average Bonchev–Trinajstić information content (AvgIpc) is 2.45. The minimum absolute atomic E-state index is 0.0413. The summed E-state index contributed by atoms with van der Waals surface area (Å²) in [6, 6.07) is 3.09. The van der Waals surface area contributed by atoms with Crippen LogP contribution in [0.1, 0.15) is 40.0 Å². The van der Waals surface area contributed by atoms with E-state index in [0.29, 0.717) is 19.1 Å². The van der Waals surface area contributed by atoms with E-state index < -0.39 is 17.7 Å². The number of piperidine rings is 1. The summed E-state index contributed by atoms with van der Waals surface area (Å²) >= 11 is 0. The van der Waals surface area contributed by atoms with Crippen molar-refractivity contribution in [3.63, 3.8) is 0 Å². The Kier molecular flexibility index (Phi) is 5.67. The van der Waals surface area contributed by atoms with Crippen LogP contribution < -0.4 is 4.74 Å². The molecule has 4 nitrogen and oxygen atoms in total. The Bertz CT molecular complexity index is 566. The molecule has 24 heavy (non-hydrogen) atoms. The number of ether oxygens (including phenoxy) is 1. The van der Waals surface area contributed by atoms with Gasteiger partial charge in [-0.25, -0.2) is 13.6 Å². The maximum Gasteiger partial charge on any atom is 0.407 e. The number of hydrogen-bond donors (Lipinski definition) is 1. The van der Waals surface area contributed by atoms with Crippen molar-refractivity contribution in [2.75, 3.05) is 13.2 Å². The van der Waals surface area contributed by atoms with Gasteiger partial charge in [0.2, 0.25) is 0 Å². The lowest BCUT2D eigenvalue weighted by atomic mass is 9.76. The molecule has 1 amide bonds. The van der Waals surface area contributed by atoms with Gasteiger partial charge in [0.15, 0.2) is 0 Å². The van der Waals surface area contributed by atoms with Crippen molar-refractivity contribution < 1.29 is 23.4 Å². The zero-order chi connectivity index (χ0) is 17.9.